The van der Waals surface area contributed by atoms with Gasteiger partial charge in [0.05, 0.1) is 13.2 Å². The molecule has 0 bridgehead atoms. The van der Waals surface area contributed by atoms with Gasteiger partial charge in [0.2, 0.25) is 5.91 Å². The molecule has 0 aliphatic carbocycles. The van der Waals surface area contributed by atoms with Gasteiger partial charge in [0, 0.05) is 19.2 Å². The zero-order valence-corrected chi connectivity index (χ0v) is 19.5. The maximum Gasteiger partial charge on any atom is 0.469 e. The summed E-state index contributed by atoms with van der Waals surface area (Å²) in [5.41, 5.74) is -1.51. The first-order valence-corrected chi connectivity index (χ1v) is 11.8. The highest BCUT2D eigenvalue weighted by Gasteiger charge is 2.45. The van der Waals surface area contributed by atoms with Gasteiger partial charge in [-0.25, -0.2) is 9.36 Å². The number of hydrogen-bond acceptors (Lipinski definition) is 13. The molecule has 206 valence electrons. The summed E-state index contributed by atoms with van der Waals surface area (Å²) in [5, 5.41) is 59.0. The number of ether oxygens (including phenoxy) is 2. The third kappa shape index (κ3) is 7.72. The molecule has 19 heteroatoms. The predicted molar refractivity (Wildman–Crippen MR) is 113 cm³/mol. The fraction of sp³-hybridized carbons (Fsp3) is 0.706. The van der Waals surface area contributed by atoms with Crippen molar-refractivity contribution >= 4 is 13.7 Å². The van der Waals surface area contributed by atoms with Crippen LogP contribution in [0.2, 0.25) is 0 Å². The van der Waals surface area contributed by atoms with Gasteiger partial charge in [-0.15, -0.1) is 0 Å². The lowest BCUT2D eigenvalue weighted by molar-refractivity contribution is -0.253. The number of hydrogen-bond donors (Lipinski definition) is 10. The lowest BCUT2D eigenvalue weighted by Crippen LogP contribution is -2.63. The van der Waals surface area contributed by atoms with Crippen LogP contribution in [0.1, 0.15) is 13.2 Å². The molecule has 1 amide bonds. The monoisotopic (exact) mass is 545 g/mol. The number of aromatic nitrogens is 2. The maximum absolute atomic E-state index is 11.6. The molecule has 2 saturated heterocycles. The smallest absolute Gasteiger partial charge is 0.394 e. The summed E-state index contributed by atoms with van der Waals surface area (Å²) < 4.78 is 25.6. The van der Waals surface area contributed by atoms with Crippen molar-refractivity contribution in [2.45, 2.75) is 62.1 Å². The van der Waals surface area contributed by atoms with Crippen molar-refractivity contribution in [1.29, 1.82) is 0 Å². The first kappa shape index (κ1) is 30.2. The third-order valence-electron chi connectivity index (χ3n) is 5.14. The van der Waals surface area contributed by atoms with E-state index in [2.05, 4.69) is 9.84 Å². The van der Waals surface area contributed by atoms with Crippen molar-refractivity contribution in [2.75, 3.05) is 13.2 Å². The lowest BCUT2D eigenvalue weighted by atomic mass is 9.97. The standard InChI is InChI=1S/C9H13N2O9P.C8H15NO6/c12-5-1-2-11(9(15)10-5)8-7(14)6(13)4(20-8)3-19-21(16,17)18;1-3(11)9-5-7(13)6(12)4(2-10)15-8(5)14/h1-2,4,6-8,13-14H,3H2,(H,10,12,15)(H2,16,17,18);4-8,10,12-14H,2H2,1H3,(H,9,11)/t4-,6-,7-,8-;4-,5-,6-,7-,8?/m11/s1. The van der Waals surface area contributed by atoms with E-state index in [-0.39, 0.29) is 0 Å². The Bertz CT molecular complexity index is 1040. The minimum absolute atomic E-state index is 0.462. The van der Waals surface area contributed by atoms with E-state index in [0.29, 0.717) is 0 Å². The Morgan fingerprint density at radius 2 is 1.69 bits per heavy atom. The molecule has 10 N–H and O–H groups in total. The summed E-state index contributed by atoms with van der Waals surface area (Å²) >= 11 is 0. The molecule has 0 aromatic carbocycles. The normalized spacial score (nSPS) is 34.5. The largest absolute Gasteiger partial charge is 0.469 e. The molecule has 3 rings (SSSR count). The SMILES string of the molecule is CC(=O)N[C@H]1C(O)O[C@H](CO)[C@@H](O)[C@@H]1O.O=c1ccn([C@@H]2O[C@H](COP(=O)(O)O)[C@@H](O)[C@H]2O)c(=O)[nH]1. The van der Waals surface area contributed by atoms with Crippen LogP contribution in [0.25, 0.3) is 0 Å². The van der Waals surface area contributed by atoms with Gasteiger partial charge >= 0.3 is 13.5 Å². The summed E-state index contributed by atoms with van der Waals surface area (Å²) in [5.74, 6) is -0.462. The highest BCUT2D eigenvalue weighted by Crippen LogP contribution is 2.38. The van der Waals surface area contributed by atoms with Gasteiger partial charge in [-0.05, 0) is 0 Å². The van der Waals surface area contributed by atoms with Crippen molar-refractivity contribution in [3.8, 4) is 0 Å². The molecule has 0 spiro atoms. The molecular weight excluding hydrogens is 517 g/mol. The number of nitrogens with zero attached hydrogens (tertiary/aromatic N) is 1. The highest BCUT2D eigenvalue weighted by atomic mass is 31.2. The molecule has 9 atom stereocenters. The van der Waals surface area contributed by atoms with Crippen LogP contribution < -0.4 is 16.6 Å². The number of aromatic amines is 1. The molecule has 2 fully saturated rings. The number of aliphatic hydroxyl groups is 6. The first-order chi connectivity index (χ1) is 16.7. The number of aliphatic hydroxyl groups excluding tert-OH is 6. The molecule has 2 aliphatic rings. The second-order valence-electron chi connectivity index (χ2n) is 7.81. The minimum atomic E-state index is -4.76. The van der Waals surface area contributed by atoms with Gasteiger partial charge < -0.3 is 55.2 Å². The second kappa shape index (κ2) is 12.5. The van der Waals surface area contributed by atoms with Crippen LogP contribution in [0.15, 0.2) is 21.9 Å². The van der Waals surface area contributed by atoms with Gasteiger partial charge in [0.15, 0.2) is 12.5 Å². The van der Waals surface area contributed by atoms with E-state index in [0.717, 1.165) is 16.8 Å². The van der Waals surface area contributed by atoms with Crippen molar-refractivity contribution in [2.24, 2.45) is 0 Å². The van der Waals surface area contributed by atoms with Crippen molar-refractivity contribution in [1.82, 2.24) is 14.9 Å². The predicted octanol–water partition coefficient (Wildman–Crippen LogP) is -5.81. The molecule has 0 radical (unpaired) electrons. The van der Waals surface area contributed by atoms with Crippen LogP contribution in [-0.4, -0.2) is 118 Å². The molecular formula is C17H28N3O15P. The number of carbonyl (C=O) groups excluding carboxylic acids is 1. The number of H-pyrrole nitrogens is 1. The van der Waals surface area contributed by atoms with Crippen molar-refractivity contribution < 1.29 is 63.8 Å². The van der Waals surface area contributed by atoms with E-state index in [4.69, 9.17) is 24.4 Å². The van der Waals surface area contributed by atoms with Crippen LogP contribution >= 0.6 is 7.82 Å². The molecule has 2 aliphatic heterocycles. The van der Waals surface area contributed by atoms with E-state index in [1.807, 2.05) is 4.98 Å². The average molecular weight is 545 g/mol. The third-order valence-corrected chi connectivity index (χ3v) is 5.62. The van der Waals surface area contributed by atoms with Gasteiger partial charge in [0.1, 0.15) is 42.7 Å². The maximum atomic E-state index is 11.6. The number of amides is 1. The fourth-order valence-corrected chi connectivity index (χ4v) is 3.72. The average Bonchev–Trinajstić information content (AvgIpc) is 3.06. The Labute approximate surface area is 201 Å². The summed E-state index contributed by atoms with van der Waals surface area (Å²) in [6, 6.07) is -0.0797. The second-order valence-corrected chi connectivity index (χ2v) is 9.04. The summed E-state index contributed by atoms with van der Waals surface area (Å²) in [7, 11) is -4.76. The summed E-state index contributed by atoms with van der Waals surface area (Å²) in [6.07, 6.45) is -9.83. The molecule has 36 heavy (non-hydrogen) atoms. The van der Waals surface area contributed by atoms with Crippen LogP contribution in [0.4, 0.5) is 0 Å². The van der Waals surface area contributed by atoms with E-state index in [9.17, 15) is 44.5 Å². The van der Waals surface area contributed by atoms with E-state index < -0.39 is 93.4 Å². The molecule has 0 saturated carbocycles. The van der Waals surface area contributed by atoms with Gasteiger partial charge in [0.25, 0.3) is 5.56 Å². The molecule has 1 aromatic rings. The Hall–Kier alpha value is -2.06. The number of phosphoric ester groups is 1. The van der Waals surface area contributed by atoms with Crippen LogP contribution in [0, 0.1) is 0 Å². The Balaban J connectivity index is 0.000000269. The zero-order chi connectivity index (χ0) is 27.4. The van der Waals surface area contributed by atoms with Gasteiger partial charge in [-0.3, -0.25) is 23.7 Å². The van der Waals surface area contributed by atoms with Crippen LogP contribution in [0.3, 0.4) is 0 Å². The van der Waals surface area contributed by atoms with E-state index in [1.54, 1.807) is 0 Å². The van der Waals surface area contributed by atoms with E-state index >= 15 is 0 Å². The lowest BCUT2D eigenvalue weighted by Gasteiger charge is -2.40. The van der Waals surface area contributed by atoms with Crippen molar-refractivity contribution in [3.05, 3.63) is 33.1 Å². The highest BCUT2D eigenvalue weighted by molar-refractivity contribution is 7.46. The fourth-order valence-electron chi connectivity index (χ4n) is 3.38. The molecule has 1 aromatic heterocycles. The first-order valence-electron chi connectivity index (χ1n) is 10.3. The summed E-state index contributed by atoms with van der Waals surface area (Å²) in [4.78, 5) is 52.4. The minimum Gasteiger partial charge on any atom is -0.394 e. The van der Waals surface area contributed by atoms with E-state index in [1.165, 1.54) is 6.92 Å². The quantitative estimate of drug-likeness (QED) is 0.149. The number of nitrogens with one attached hydrogen (secondary N) is 2. The number of rotatable bonds is 6. The zero-order valence-electron chi connectivity index (χ0n) is 18.6. The summed E-state index contributed by atoms with van der Waals surface area (Å²) in [6.45, 7) is 0.00311. The Morgan fingerprint density at radius 1 is 1.08 bits per heavy atom. The van der Waals surface area contributed by atoms with Crippen LogP contribution in [0.5, 0.6) is 0 Å². The Kier molecular flexibility index (Phi) is 10.4. The Morgan fingerprint density at radius 3 is 2.22 bits per heavy atom. The number of phosphoric acid groups is 1. The molecule has 3 heterocycles. The topological polar surface area (TPSA) is 291 Å². The molecule has 1 unspecified atom stereocenters. The van der Waals surface area contributed by atoms with Gasteiger partial charge in [-0.2, -0.15) is 0 Å². The number of carbonyl (C=O) groups is 1. The van der Waals surface area contributed by atoms with Gasteiger partial charge in [-0.1, -0.05) is 0 Å². The van der Waals surface area contributed by atoms with Crippen molar-refractivity contribution in [3.63, 3.8) is 0 Å². The van der Waals surface area contributed by atoms with Crippen LogP contribution in [-0.2, 0) is 23.4 Å². The molecule has 18 nitrogen and oxygen atoms in total.